The molecule has 0 saturated heterocycles. The Morgan fingerprint density at radius 3 is 2.22 bits per heavy atom. The normalized spacial score (nSPS) is 11.6. The van der Waals surface area contributed by atoms with Crippen LogP contribution in [0, 0.1) is 6.92 Å². The van der Waals surface area contributed by atoms with E-state index < -0.39 is 18.0 Å². The monoisotopic (exact) mass is 517 g/mol. The maximum absolute atomic E-state index is 13.0. The van der Waals surface area contributed by atoms with Gasteiger partial charge in [0.15, 0.2) is 11.5 Å². The second kappa shape index (κ2) is 9.91. The Hall–Kier alpha value is -4.42. The van der Waals surface area contributed by atoms with Crippen molar-refractivity contribution in [2.75, 3.05) is 19.5 Å². The topological polar surface area (TPSA) is 118 Å². The zero-order valence-electron chi connectivity index (χ0n) is 20.4. The highest BCUT2D eigenvalue weighted by Crippen LogP contribution is 2.36. The fourth-order valence-electron chi connectivity index (χ4n) is 3.51. The van der Waals surface area contributed by atoms with Crippen LogP contribution in [0.25, 0.3) is 21.8 Å². The Balaban J connectivity index is 1.82. The average molecular weight is 517 g/mol. The highest BCUT2D eigenvalue weighted by Gasteiger charge is 2.42. The summed E-state index contributed by atoms with van der Waals surface area (Å²) in [6.45, 7) is 5.22. The van der Waals surface area contributed by atoms with Gasteiger partial charge in [0.2, 0.25) is 17.8 Å². The summed E-state index contributed by atoms with van der Waals surface area (Å²) in [7, 11) is 2.99. The largest absolute Gasteiger partial charge is 0.493 e. The van der Waals surface area contributed by atoms with Crippen LogP contribution in [-0.2, 0) is 4.79 Å². The fraction of sp³-hybridized carbons (Fsp3) is 0.292. The van der Waals surface area contributed by atoms with Crippen molar-refractivity contribution in [2.45, 2.75) is 33.1 Å². The standard InChI is InChI=1S/C24H22F3N5O5/c1-11(2)36-16-8-6-7-14-19(16)20(37-21(33)24(25,26)27)31-23(29-14)32-22-28-12(3)13-9-17(34-4)18(35-5)10-15(13)30-22/h6-11H,1-5H3,(H,28,29,30,31,32). The van der Waals surface area contributed by atoms with Crippen LogP contribution >= 0.6 is 0 Å². The molecule has 0 unspecified atom stereocenters. The molecule has 0 aliphatic carbocycles. The average Bonchev–Trinajstić information content (AvgIpc) is 2.82. The number of hydrogen-bond donors (Lipinski definition) is 1. The van der Waals surface area contributed by atoms with Gasteiger partial charge in [-0.1, -0.05) is 6.07 Å². The van der Waals surface area contributed by atoms with Crippen LogP contribution in [0.2, 0.25) is 0 Å². The van der Waals surface area contributed by atoms with E-state index in [-0.39, 0.29) is 34.7 Å². The molecule has 2 aromatic heterocycles. The van der Waals surface area contributed by atoms with Gasteiger partial charge in [-0.15, -0.1) is 0 Å². The van der Waals surface area contributed by atoms with Crippen LogP contribution in [0.15, 0.2) is 30.3 Å². The molecule has 37 heavy (non-hydrogen) atoms. The summed E-state index contributed by atoms with van der Waals surface area (Å²) in [4.78, 5) is 28.8. The zero-order valence-corrected chi connectivity index (χ0v) is 20.4. The van der Waals surface area contributed by atoms with Crippen molar-refractivity contribution in [2.24, 2.45) is 0 Å². The number of rotatable bonds is 7. The third kappa shape index (κ3) is 5.39. The van der Waals surface area contributed by atoms with E-state index in [0.717, 1.165) is 0 Å². The van der Waals surface area contributed by atoms with Crippen molar-refractivity contribution < 1.29 is 36.9 Å². The van der Waals surface area contributed by atoms with Crippen LogP contribution in [0.5, 0.6) is 23.1 Å². The molecule has 4 rings (SSSR count). The number of benzene rings is 2. The van der Waals surface area contributed by atoms with Gasteiger partial charge >= 0.3 is 12.1 Å². The number of nitrogens with one attached hydrogen (secondary N) is 1. The minimum Gasteiger partial charge on any atom is -0.493 e. The Labute approximate surface area is 208 Å². The van der Waals surface area contributed by atoms with Crippen molar-refractivity contribution in [3.05, 3.63) is 36.0 Å². The second-order valence-electron chi connectivity index (χ2n) is 8.04. The number of carbonyl (C=O) groups is 1. The first-order valence-corrected chi connectivity index (χ1v) is 10.9. The van der Waals surface area contributed by atoms with Gasteiger partial charge in [-0.2, -0.15) is 18.2 Å². The summed E-state index contributed by atoms with van der Waals surface area (Å²) < 4.78 is 60.0. The number of methoxy groups -OCH3 is 2. The number of esters is 1. The van der Waals surface area contributed by atoms with E-state index in [0.29, 0.717) is 28.1 Å². The van der Waals surface area contributed by atoms with E-state index in [9.17, 15) is 18.0 Å². The Bertz CT molecular complexity index is 1490. The number of fused-ring (bicyclic) bond motifs is 2. The van der Waals surface area contributed by atoms with Crippen molar-refractivity contribution in [3.63, 3.8) is 0 Å². The van der Waals surface area contributed by atoms with E-state index >= 15 is 0 Å². The van der Waals surface area contributed by atoms with Gasteiger partial charge in [0.05, 0.1) is 37.1 Å². The quantitative estimate of drug-likeness (QED) is 0.339. The third-order valence-electron chi connectivity index (χ3n) is 5.05. The molecule has 0 radical (unpaired) electrons. The Morgan fingerprint density at radius 1 is 0.919 bits per heavy atom. The molecule has 0 aliphatic rings. The maximum Gasteiger partial charge on any atom is 0.491 e. The molecule has 4 aromatic rings. The molecule has 0 bridgehead atoms. The summed E-state index contributed by atoms with van der Waals surface area (Å²) in [5.41, 5.74) is 1.25. The molecular formula is C24H22F3N5O5. The van der Waals surface area contributed by atoms with Gasteiger partial charge in [0.25, 0.3) is 0 Å². The molecule has 0 aliphatic heterocycles. The first-order chi connectivity index (χ1) is 17.5. The maximum atomic E-state index is 13.0. The summed E-state index contributed by atoms with van der Waals surface area (Å²) in [5, 5.41) is 3.48. The first kappa shape index (κ1) is 25.7. The van der Waals surface area contributed by atoms with Gasteiger partial charge in [0.1, 0.15) is 11.1 Å². The fourth-order valence-corrected chi connectivity index (χ4v) is 3.51. The molecule has 10 nitrogen and oxygen atoms in total. The van der Waals surface area contributed by atoms with Crippen molar-refractivity contribution in [3.8, 4) is 23.1 Å². The van der Waals surface area contributed by atoms with E-state index in [1.807, 2.05) is 0 Å². The molecule has 0 amide bonds. The predicted molar refractivity (Wildman–Crippen MR) is 128 cm³/mol. The number of aromatic nitrogens is 4. The SMILES string of the molecule is COc1cc2nc(Nc3nc(OC(=O)C(F)(F)F)c4c(OC(C)C)cccc4n3)nc(C)c2cc1OC. The van der Waals surface area contributed by atoms with E-state index in [1.165, 1.54) is 26.4 Å². The van der Waals surface area contributed by atoms with Crippen LogP contribution in [-0.4, -0.2) is 52.4 Å². The Morgan fingerprint density at radius 2 is 1.57 bits per heavy atom. The van der Waals surface area contributed by atoms with Gasteiger partial charge in [-0.25, -0.2) is 19.7 Å². The van der Waals surface area contributed by atoms with Gasteiger partial charge in [-0.05, 0) is 39.0 Å². The van der Waals surface area contributed by atoms with Crippen LogP contribution in [0.3, 0.4) is 0 Å². The smallest absolute Gasteiger partial charge is 0.491 e. The van der Waals surface area contributed by atoms with Gasteiger partial charge in [-0.3, -0.25) is 5.32 Å². The lowest BCUT2D eigenvalue weighted by Crippen LogP contribution is -2.28. The molecular weight excluding hydrogens is 495 g/mol. The van der Waals surface area contributed by atoms with E-state index in [2.05, 4.69) is 30.0 Å². The molecule has 194 valence electrons. The molecule has 2 aromatic carbocycles. The summed E-state index contributed by atoms with van der Waals surface area (Å²) in [6, 6.07) is 8.01. The van der Waals surface area contributed by atoms with Crippen LogP contribution in [0.1, 0.15) is 19.5 Å². The number of nitrogens with zero attached hydrogens (tertiary/aromatic N) is 4. The molecule has 1 N–H and O–H groups in total. The minimum atomic E-state index is -5.24. The number of alkyl halides is 3. The minimum absolute atomic E-state index is 0.00629. The van der Waals surface area contributed by atoms with Gasteiger partial charge < -0.3 is 18.9 Å². The summed E-state index contributed by atoms with van der Waals surface area (Å²) in [6.07, 6.45) is -5.56. The number of hydrogen-bond acceptors (Lipinski definition) is 10. The lowest BCUT2D eigenvalue weighted by molar-refractivity contribution is -0.189. The molecule has 0 atom stereocenters. The van der Waals surface area contributed by atoms with Crippen molar-refractivity contribution in [1.29, 1.82) is 0 Å². The highest BCUT2D eigenvalue weighted by atomic mass is 19.4. The number of aryl methyl sites for hydroxylation is 1. The first-order valence-electron chi connectivity index (χ1n) is 10.9. The highest BCUT2D eigenvalue weighted by molar-refractivity contribution is 5.93. The van der Waals surface area contributed by atoms with Crippen molar-refractivity contribution in [1.82, 2.24) is 19.9 Å². The number of anilines is 2. The molecule has 0 fully saturated rings. The van der Waals surface area contributed by atoms with Crippen LogP contribution < -0.4 is 24.3 Å². The molecule has 2 heterocycles. The van der Waals surface area contributed by atoms with Crippen LogP contribution in [0.4, 0.5) is 25.1 Å². The lowest BCUT2D eigenvalue weighted by Gasteiger charge is -2.16. The number of ether oxygens (including phenoxy) is 4. The molecule has 13 heteroatoms. The van der Waals surface area contributed by atoms with Gasteiger partial charge in [0, 0.05) is 11.5 Å². The molecule has 0 saturated carbocycles. The number of carbonyl (C=O) groups excluding carboxylic acids is 1. The third-order valence-corrected chi connectivity index (χ3v) is 5.05. The zero-order chi connectivity index (χ0) is 26.9. The lowest BCUT2D eigenvalue weighted by atomic mass is 10.1. The summed E-state index contributed by atoms with van der Waals surface area (Å²) >= 11 is 0. The van der Waals surface area contributed by atoms with Crippen molar-refractivity contribution >= 4 is 39.7 Å². The summed E-state index contributed by atoms with van der Waals surface area (Å²) in [5.74, 6) is -2.11. The van der Waals surface area contributed by atoms with E-state index in [4.69, 9.17) is 14.2 Å². The number of halogens is 3. The molecule has 0 spiro atoms. The van der Waals surface area contributed by atoms with E-state index in [1.54, 1.807) is 39.0 Å². The second-order valence-corrected chi connectivity index (χ2v) is 8.04. The predicted octanol–water partition coefficient (Wildman–Crippen LogP) is 4.90. The Kier molecular flexibility index (Phi) is 6.88.